The number of carboxylic acid groups (broad SMARTS) is 1. The van der Waals surface area contributed by atoms with Crippen LogP contribution in [0, 0.1) is 0 Å². The average Bonchev–Trinajstić information content (AvgIpc) is 3.28. The maximum atomic E-state index is 12.7. The van der Waals surface area contributed by atoms with Crippen LogP contribution < -0.4 is 5.73 Å². The van der Waals surface area contributed by atoms with Crippen molar-refractivity contribution in [1.82, 2.24) is 4.90 Å². The molecule has 178 valence electrons. The van der Waals surface area contributed by atoms with E-state index in [4.69, 9.17) is 20.4 Å². The second kappa shape index (κ2) is 12.0. The van der Waals surface area contributed by atoms with Crippen LogP contribution in [0.25, 0.3) is 0 Å². The van der Waals surface area contributed by atoms with E-state index in [1.807, 2.05) is 60.7 Å². The SMILES string of the molecule is N[C@H](Cc1ccccc1)C(=O)N1CCC[C@H]1C(=O)OCc1ccccc1.O=C(O)C(F)(F)F. The van der Waals surface area contributed by atoms with Crippen molar-refractivity contribution >= 4 is 17.8 Å². The van der Waals surface area contributed by atoms with Crippen LogP contribution in [0.1, 0.15) is 24.0 Å². The van der Waals surface area contributed by atoms with Crippen molar-refractivity contribution in [3.63, 3.8) is 0 Å². The lowest BCUT2D eigenvalue weighted by Crippen LogP contribution is -2.49. The highest BCUT2D eigenvalue weighted by atomic mass is 19.4. The first-order chi connectivity index (χ1) is 15.6. The molecule has 1 aliphatic heterocycles. The molecule has 7 nitrogen and oxygen atoms in total. The molecule has 0 unspecified atom stereocenters. The minimum atomic E-state index is -5.08. The monoisotopic (exact) mass is 466 g/mol. The summed E-state index contributed by atoms with van der Waals surface area (Å²) in [7, 11) is 0. The van der Waals surface area contributed by atoms with Gasteiger partial charge in [0.2, 0.25) is 5.91 Å². The van der Waals surface area contributed by atoms with E-state index in [0.29, 0.717) is 19.4 Å². The van der Waals surface area contributed by atoms with Crippen molar-refractivity contribution in [2.24, 2.45) is 5.73 Å². The first kappa shape index (κ1) is 25.9. The molecule has 1 aliphatic rings. The number of aliphatic carboxylic acids is 1. The van der Waals surface area contributed by atoms with E-state index in [2.05, 4.69) is 0 Å². The standard InChI is InChI=1S/C21H24N2O3.C2HF3O2/c22-18(14-16-8-3-1-4-9-16)20(24)23-13-7-12-19(23)21(25)26-15-17-10-5-2-6-11-17;3-2(4,5)1(6)7/h1-6,8-11,18-19H,7,12-15,22H2;(H,6,7)/t18-,19+;/m1./s1. The number of carbonyl (C=O) groups is 3. The van der Waals surface area contributed by atoms with Gasteiger partial charge in [-0.15, -0.1) is 0 Å². The molecule has 0 spiro atoms. The van der Waals surface area contributed by atoms with Crippen LogP contribution in [0.4, 0.5) is 13.2 Å². The second-order valence-corrected chi connectivity index (χ2v) is 7.38. The van der Waals surface area contributed by atoms with E-state index in [1.165, 1.54) is 0 Å². The quantitative estimate of drug-likeness (QED) is 0.634. The number of benzene rings is 2. The fourth-order valence-corrected chi connectivity index (χ4v) is 3.27. The summed E-state index contributed by atoms with van der Waals surface area (Å²) in [5.41, 5.74) is 8.05. The first-order valence-corrected chi connectivity index (χ1v) is 10.2. The van der Waals surface area contributed by atoms with Gasteiger partial charge in [-0.05, 0) is 30.4 Å². The lowest BCUT2D eigenvalue weighted by Gasteiger charge is -2.26. The zero-order chi connectivity index (χ0) is 24.4. The summed E-state index contributed by atoms with van der Waals surface area (Å²) in [6.07, 6.45) is -3.21. The Kier molecular flexibility index (Phi) is 9.41. The van der Waals surface area contributed by atoms with Crippen LogP contribution in [0.3, 0.4) is 0 Å². The highest BCUT2D eigenvalue weighted by Gasteiger charge is 2.38. The largest absolute Gasteiger partial charge is 0.490 e. The normalized spacial score (nSPS) is 16.4. The van der Waals surface area contributed by atoms with E-state index in [1.54, 1.807) is 4.90 Å². The molecular weight excluding hydrogens is 441 g/mol. The van der Waals surface area contributed by atoms with Gasteiger partial charge in [-0.3, -0.25) is 4.79 Å². The predicted molar refractivity (Wildman–Crippen MR) is 113 cm³/mol. The fraction of sp³-hybridized carbons (Fsp3) is 0.348. The van der Waals surface area contributed by atoms with Crippen LogP contribution >= 0.6 is 0 Å². The molecule has 1 saturated heterocycles. The molecule has 0 saturated carbocycles. The number of hydrogen-bond donors (Lipinski definition) is 2. The molecule has 1 amide bonds. The second-order valence-electron chi connectivity index (χ2n) is 7.38. The predicted octanol–water partition coefficient (Wildman–Crippen LogP) is 2.92. The van der Waals surface area contributed by atoms with Gasteiger partial charge in [0.1, 0.15) is 12.6 Å². The third kappa shape index (κ3) is 8.23. The Hall–Kier alpha value is -3.40. The molecule has 33 heavy (non-hydrogen) atoms. The Labute approximate surface area is 188 Å². The molecule has 0 radical (unpaired) electrons. The Morgan fingerprint density at radius 2 is 1.55 bits per heavy atom. The van der Waals surface area contributed by atoms with E-state index >= 15 is 0 Å². The Morgan fingerprint density at radius 3 is 2.06 bits per heavy atom. The van der Waals surface area contributed by atoms with Crippen molar-refractivity contribution in [2.45, 2.75) is 44.1 Å². The molecule has 3 rings (SSSR count). The number of likely N-dealkylation sites (tertiary alicyclic amines) is 1. The van der Waals surface area contributed by atoms with Gasteiger partial charge in [0.25, 0.3) is 0 Å². The molecule has 1 fully saturated rings. The van der Waals surface area contributed by atoms with E-state index in [9.17, 15) is 22.8 Å². The molecule has 2 atom stereocenters. The minimum absolute atomic E-state index is 0.187. The van der Waals surface area contributed by atoms with Crippen LogP contribution in [0.15, 0.2) is 60.7 Å². The lowest BCUT2D eigenvalue weighted by atomic mass is 10.1. The van der Waals surface area contributed by atoms with Crippen molar-refractivity contribution in [2.75, 3.05) is 6.54 Å². The maximum absolute atomic E-state index is 12.7. The van der Waals surface area contributed by atoms with Gasteiger partial charge in [-0.2, -0.15) is 13.2 Å². The van der Waals surface area contributed by atoms with Crippen LogP contribution in [-0.4, -0.2) is 52.7 Å². The molecule has 2 aromatic rings. The Bertz CT molecular complexity index is 923. The van der Waals surface area contributed by atoms with Crippen molar-refractivity contribution in [3.8, 4) is 0 Å². The number of hydrogen-bond acceptors (Lipinski definition) is 5. The zero-order valence-corrected chi connectivity index (χ0v) is 17.7. The molecule has 3 N–H and O–H groups in total. The van der Waals surface area contributed by atoms with Gasteiger partial charge in [0.15, 0.2) is 0 Å². The molecule has 0 aromatic heterocycles. The summed E-state index contributed by atoms with van der Waals surface area (Å²) in [6.45, 7) is 0.765. The topological polar surface area (TPSA) is 110 Å². The summed E-state index contributed by atoms with van der Waals surface area (Å²) < 4.78 is 37.2. The summed E-state index contributed by atoms with van der Waals surface area (Å²) in [5.74, 6) is -3.30. The van der Waals surface area contributed by atoms with Crippen molar-refractivity contribution < 1.29 is 37.4 Å². The summed E-state index contributed by atoms with van der Waals surface area (Å²) in [4.78, 5) is 35.7. The smallest absolute Gasteiger partial charge is 0.475 e. The molecular formula is C23H25F3N2O5. The van der Waals surface area contributed by atoms with Gasteiger partial charge in [0, 0.05) is 6.54 Å². The van der Waals surface area contributed by atoms with Gasteiger partial charge < -0.3 is 20.5 Å². The maximum Gasteiger partial charge on any atom is 0.490 e. The number of carboxylic acids is 1. The van der Waals surface area contributed by atoms with Crippen molar-refractivity contribution in [1.29, 1.82) is 0 Å². The molecule has 2 aromatic carbocycles. The Balaban J connectivity index is 0.000000479. The number of alkyl halides is 3. The summed E-state index contributed by atoms with van der Waals surface area (Å²) >= 11 is 0. The number of halogens is 3. The molecule has 10 heteroatoms. The average molecular weight is 466 g/mol. The lowest BCUT2D eigenvalue weighted by molar-refractivity contribution is -0.192. The molecule has 0 bridgehead atoms. The third-order valence-electron chi connectivity index (χ3n) is 4.89. The molecule has 0 aliphatic carbocycles. The number of rotatable bonds is 6. The van der Waals surface area contributed by atoms with E-state index in [0.717, 1.165) is 17.5 Å². The minimum Gasteiger partial charge on any atom is -0.475 e. The molecule has 1 heterocycles. The number of amides is 1. The van der Waals surface area contributed by atoms with E-state index < -0.39 is 24.2 Å². The van der Waals surface area contributed by atoms with Crippen molar-refractivity contribution in [3.05, 3.63) is 71.8 Å². The van der Waals surface area contributed by atoms with E-state index in [-0.39, 0.29) is 18.5 Å². The number of esters is 1. The van der Waals surface area contributed by atoms with Crippen LogP contribution in [0.2, 0.25) is 0 Å². The highest BCUT2D eigenvalue weighted by Crippen LogP contribution is 2.21. The zero-order valence-electron chi connectivity index (χ0n) is 17.7. The fourth-order valence-electron chi connectivity index (χ4n) is 3.27. The van der Waals surface area contributed by atoms with Gasteiger partial charge in [-0.25, -0.2) is 9.59 Å². The third-order valence-corrected chi connectivity index (χ3v) is 4.89. The number of nitrogens with two attached hydrogens (primary N) is 1. The first-order valence-electron chi connectivity index (χ1n) is 10.2. The summed E-state index contributed by atoms with van der Waals surface area (Å²) in [5, 5.41) is 7.12. The summed E-state index contributed by atoms with van der Waals surface area (Å²) in [6, 6.07) is 18.0. The van der Waals surface area contributed by atoms with Crippen LogP contribution in [-0.2, 0) is 32.1 Å². The number of ether oxygens (including phenoxy) is 1. The van der Waals surface area contributed by atoms with Gasteiger partial charge in [0.05, 0.1) is 6.04 Å². The van der Waals surface area contributed by atoms with Gasteiger partial charge in [-0.1, -0.05) is 60.7 Å². The number of nitrogens with zero attached hydrogens (tertiary/aromatic N) is 1. The highest BCUT2D eigenvalue weighted by molar-refractivity contribution is 5.88. The number of carbonyl (C=O) groups excluding carboxylic acids is 2. The van der Waals surface area contributed by atoms with Gasteiger partial charge >= 0.3 is 18.1 Å². The Morgan fingerprint density at radius 1 is 1.03 bits per heavy atom. The van der Waals surface area contributed by atoms with Crippen LogP contribution in [0.5, 0.6) is 0 Å².